The van der Waals surface area contributed by atoms with Gasteiger partial charge in [0.1, 0.15) is 17.2 Å². The number of carbonyl (C=O) groups is 1. The molecule has 0 amide bonds. The topological polar surface area (TPSA) is 72.5 Å². The highest BCUT2D eigenvalue weighted by molar-refractivity contribution is 6.07. The molecule has 0 aromatic heterocycles. The molecule has 0 saturated heterocycles. The molecule has 0 aliphatic heterocycles. The first kappa shape index (κ1) is 21.1. The van der Waals surface area contributed by atoms with E-state index in [1.165, 1.54) is 34.5 Å². The van der Waals surface area contributed by atoms with Gasteiger partial charge in [0.05, 0.1) is 34.0 Å². The van der Waals surface area contributed by atoms with Crippen molar-refractivity contribution in [2.75, 3.05) is 42.3 Å². The van der Waals surface area contributed by atoms with E-state index < -0.39 is 0 Å². The van der Waals surface area contributed by atoms with Crippen molar-refractivity contribution in [3.05, 3.63) is 47.5 Å². The lowest BCUT2D eigenvalue weighted by atomic mass is 10.1. The molecule has 0 saturated carbocycles. The molecule has 2 aromatic carbocycles. The molecule has 2 rings (SSSR count). The van der Waals surface area contributed by atoms with Crippen LogP contribution in [-0.4, -0.2) is 48.1 Å². The number of ether oxygens (including phenoxy) is 6. The molecular weight excluding hydrogens is 364 g/mol. The first-order valence-corrected chi connectivity index (χ1v) is 8.40. The minimum Gasteiger partial charge on any atom is -0.496 e. The van der Waals surface area contributed by atoms with Gasteiger partial charge in [-0.25, -0.2) is 0 Å². The fourth-order valence-electron chi connectivity index (χ4n) is 2.51. The number of carbonyl (C=O) groups excluding carboxylic acids is 1. The van der Waals surface area contributed by atoms with Crippen LogP contribution >= 0.6 is 0 Å². The van der Waals surface area contributed by atoms with Crippen molar-refractivity contribution in [2.24, 2.45) is 0 Å². The summed E-state index contributed by atoms with van der Waals surface area (Å²) >= 11 is 0. The number of hydrogen-bond acceptors (Lipinski definition) is 7. The third-order valence-corrected chi connectivity index (χ3v) is 3.93. The van der Waals surface area contributed by atoms with Crippen LogP contribution in [0.4, 0.5) is 0 Å². The molecule has 0 bridgehead atoms. The lowest BCUT2D eigenvalue weighted by Gasteiger charge is -2.14. The molecule has 0 heterocycles. The van der Waals surface area contributed by atoms with Crippen molar-refractivity contribution in [1.82, 2.24) is 0 Å². The maximum atomic E-state index is 12.6. The molecule has 0 aliphatic carbocycles. The SMILES string of the molecule is COCOc1cc(OC)cc(OC)c1/C=C/C(=O)c1ccc(OC)c(OC)c1. The van der Waals surface area contributed by atoms with Gasteiger partial charge in [0.15, 0.2) is 24.1 Å². The van der Waals surface area contributed by atoms with Crippen molar-refractivity contribution in [1.29, 1.82) is 0 Å². The Balaban J connectivity index is 2.37. The zero-order valence-electron chi connectivity index (χ0n) is 16.6. The minimum absolute atomic E-state index is 0.0424. The van der Waals surface area contributed by atoms with E-state index >= 15 is 0 Å². The quantitative estimate of drug-likeness (QED) is 0.350. The van der Waals surface area contributed by atoms with E-state index in [9.17, 15) is 4.79 Å². The van der Waals surface area contributed by atoms with E-state index in [2.05, 4.69) is 0 Å². The maximum Gasteiger partial charge on any atom is 0.188 e. The van der Waals surface area contributed by atoms with E-state index in [-0.39, 0.29) is 12.6 Å². The fraction of sp³-hybridized carbons (Fsp3) is 0.286. The molecule has 28 heavy (non-hydrogen) atoms. The Bertz CT molecular complexity index is 843. The molecule has 0 unspecified atom stereocenters. The molecule has 0 atom stereocenters. The van der Waals surface area contributed by atoms with E-state index in [0.29, 0.717) is 39.9 Å². The van der Waals surface area contributed by atoms with Crippen LogP contribution in [0.2, 0.25) is 0 Å². The van der Waals surface area contributed by atoms with Gasteiger partial charge in [0.2, 0.25) is 0 Å². The van der Waals surface area contributed by atoms with Gasteiger partial charge in [-0.15, -0.1) is 0 Å². The van der Waals surface area contributed by atoms with Gasteiger partial charge in [-0.05, 0) is 30.4 Å². The third kappa shape index (κ3) is 4.95. The number of ketones is 1. The van der Waals surface area contributed by atoms with Gasteiger partial charge in [-0.1, -0.05) is 0 Å². The molecule has 0 aliphatic rings. The Kier molecular flexibility index (Phi) is 7.71. The zero-order chi connectivity index (χ0) is 20.5. The molecule has 150 valence electrons. The van der Waals surface area contributed by atoms with E-state index in [0.717, 1.165) is 0 Å². The predicted molar refractivity (Wildman–Crippen MR) is 105 cm³/mol. The van der Waals surface area contributed by atoms with Crippen LogP contribution in [0, 0.1) is 0 Å². The number of hydrogen-bond donors (Lipinski definition) is 0. The average molecular weight is 388 g/mol. The van der Waals surface area contributed by atoms with Gasteiger partial charge >= 0.3 is 0 Å². The molecular formula is C21H24O7. The smallest absolute Gasteiger partial charge is 0.188 e. The average Bonchev–Trinajstić information content (AvgIpc) is 2.74. The highest BCUT2D eigenvalue weighted by Gasteiger charge is 2.13. The summed E-state index contributed by atoms with van der Waals surface area (Å²) in [4.78, 5) is 12.6. The molecule has 2 aromatic rings. The van der Waals surface area contributed by atoms with Crippen LogP contribution in [0.3, 0.4) is 0 Å². The first-order valence-electron chi connectivity index (χ1n) is 8.40. The summed E-state index contributed by atoms with van der Waals surface area (Å²) in [5, 5.41) is 0. The molecule has 0 fully saturated rings. The van der Waals surface area contributed by atoms with Crippen molar-refractivity contribution < 1.29 is 33.2 Å². The summed E-state index contributed by atoms with van der Waals surface area (Å²) in [6.07, 6.45) is 3.06. The van der Waals surface area contributed by atoms with Crippen LogP contribution in [0.25, 0.3) is 6.08 Å². The largest absolute Gasteiger partial charge is 0.496 e. The second kappa shape index (κ2) is 10.2. The summed E-state index contributed by atoms with van der Waals surface area (Å²) in [5.74, 6) is 2.35. The van der Waals surface area contributed by atoms with Gasteiger partial charge in [0.25, 0.3) is 0 Å². The number of methoxy groups -OCH3 is 5. The predicted octanol–water partition coefficient (Wildman–Crippen LogP) is 3.60. The van der Waals surface area contributed by atoms with Gasteiger partial charge in [0, 0.05) is 24.8 Å². The Morgan fingerprint density at radius 3 is 2.11 bits per heavy atom. The minimum atomic E-state index is -0.212. The second-order valence-corrected chi connectivity index (χ2v) is 5.56. The van der Waals surface area contributed by atoms with Crippen LogP contribution < -0.4 is 23.7 Å². The molecule has 0 spiro atoms. The van der Waals surface area contributed by atoms with E-state index in [4.69, 9.17) is 28.4 Å². The van der Waals surface area contributed by atoms with Crippen molar-refractivity contribution in [3.8, 4) is 28.7 Å². The molecule has 7 heteroatoms. The Morgan fingerprint density at radius 2 is 1.50 bits per heavy atom. The summed E-state index contributed by atoms with van der Waals surface area (Å²) in [6, 6.07) is 8.38. The number of rotatable bonds is 10. The zero-order valence-corrected chi connectivity index (χ0v) is 16.6. The van der Waals surface area contributed by atoms with Crippen LogP contribution in [0.15, 0.2) is 36.4 Å². The highest BCUT2D eigenvalue weighted by atomic mass is 16.7. The third-order valence-electron chi connectivity index (χ3n) is 3.93. The van der Waals surface area contributed by atoms with Crippen LogP contribution in [0.1, 0.15) is 15.9 Å². The second-order valence-electron chi connectivity index (χ2n) is 5.56. The van der Waals surface area contributed by atoms with Gasteiger partial charge < -0.3 is 28.4 Å². The lowest BCUT2D eigenvalue weighted by molar-refractivity contribution is 0.0506. The Labute approximate surface area is 164 Å². The fourth-order valence-corrected chi connectivity index (χ4v) is 2.51. The summed E-state index contributed by atoms with van der Waals surface area (Å²) in [5.41, 5.74) is 1.05. The van der Waals surface area contributed by atoms with Crippen LogP contribution in [0.5, 0.6) is 28.7 Å². The number of benzene rings is 2. The number of allylic oxidation sites excluding steroid dienone is 1. The monoisotopic (exact) mass is 388 g/mol. The Morgan fingerprint density at radius 1 is 0.821 bits per heavy atom. The van der Waals surface area contributed by atoms with Crippen molar-refractivity contribution in [3.63, 3.8) is 0 Å². The Hall–Kier alpha value is -3.19. The summed E-state index contributed by atoms with van der Waals surface area (Å²) in [7, 11) is 7.65. The molecule has 0 N–H and O–H groups in total. The van der Waals surface area contributed by atoms with E-state index in [1.54, 1.807) is 43.5 Å². The summed E-state index contributed by atoms with van der Waals surface area (Å²) in [6.45, 7) is 0.0424. The first-order chi connectivity index (χ1) is 13.6. The van der Waals surface area contributed by atoms with E-state index in [1.807, 2.05) is 0 Å². The molecule has 0 radical (unpaired) electrons. The van der Waals surface area contributed by atoms with Gasteiger partial charge in [-0.2, -0.15) is 0 Å². The van der Waals surface area contributed by atoms with Gasteiger partial charge in [-0.3, -0.25) is 4.79 Å². The highest BCUT2D eigenvalue weighted by Crippen LogP contribution is 2.35. The normalized spacial score (nSPS) is 10.6. The molecule has 7 nitrogen and oxygen atoms in total. The standard InChI is InChI=1S/C21H24O7/c1-23-13-28-20-12-15(24-2)11-19(26-4)16(20)7-8-17(22)14-6-9-18(25-3)21(10-14)27-5/h6-12H,13H2,1-5H3/b8-7+. The van der Waals surface area contributed by atoms with Crippen LogP contribution in [-0.2, 0) is 4.74 Å². The van der Waals surface area contributed by atoms with Crippen molar-refractivity contribution >= 4 is 11.9 Å². The summed E-state index contributed by atoms with van der Waals surface area (Å²) < 4.78 is 31.7. The maximum absolute atomic E-state index is 12.6. The lowest BCUT2D eigenvalue weighted by Crippen LogP contribution is -2.02. The van der Waals surface area contributed by atoms with Crippen molar-refractivity contribution in [2.45, 2.75) is 0 Å².